The van der Waals surface area contributed by atoms with E-state index in [1.54, 1.807) is 30.5 Å². The van der Waals surface area contributed by atoms with Crippen LogP contribution in [0.4, 0.5) is 5.82 Å². The second kappa shape index (κ2) is 6.19. The lowest BCUT2D eigenvalue weighted by atomic mass is 9.96. The fourth-order valence-electron chi connectivity index (χ4n) is 3.01. The van der Waals surface area contributed by atoms with Crippen molar-refractivity contribution in [2.75, 3.05) is 5.73 Å². The van der Waals surface area contributed by atoms with Gasteiger partial charge in [-0.15, -0.1) is 0 Å². The van der Waals surface area contributed by atoms with Crippen molar-refractivity contribution in [1.82, 2.24) is 9.97 Å². The van der Waals surface area contributed by atoms with Crippen molar-refractivity contribution < 1.29 is 5.11 Å². The molecule has 0 atom stereocenters. The molecule has 4 rings (SSSR count). The van der Waals surface area contributed by atoms with E-state index >= 15 is 0 Å². The Balaban J connectivity index is 2.01. The van der Waals surface area contributed by atoms with Gasteiger partial charge in [-0.1, -0.05) is 18.2 Å². The number of aromatic hydroxyl groups is 1. The maximum absolute atomic E-state index is 9.61. The van der Waals surface area contributed by atoms with Crippen LogP contribution >= 0.6 is 0 Å². The van der Waals surface area contributed by atoms with Crippen molar-refractivity contribution in [3.63, 3.8) is 0 Å². The Morgan fingerprint density at radius 2 is 1.73 bits per heavy atom. The van der Waals surface area contributed by atoms with Crippen LogP contribution < -0.4 is 5.73 Å². The minimum Gasteiger partial charge on any atom is -0.508 e. The lowest BCUT2D eigenvalue weighted by Crippen LogP contribution is -2.00. The van der Waals surface area contributed by atoms with Crippen LogP contribution in [0.5, 0.6) is 5.75 Å². The van der Waals surface area contributed by atoms with Gasteiger partial charge in [0.05, 0.1) is 11.2 Å². The summed E-state index contributed by atoms with van der Waals surface area (Å²) in [5, 5.41) is 20.0. The van der Waals surface area contributed by atoms with Gasteiger partial charge in [0.15, 0.2) is 0 Å². The molecule has 124 valence electrons. The van der Waals surface area contributed by atoms with E-state index in [-0.39, 0.29) is 11.6 Å². The standard InChI is InChI=1S/C21H14N4O/c22-12-18-17(15-9-10-24-19-4-2-1-3-16(15)19)11-20(25-21(18)23)13-5-7-14(26)8-6-13/h1-11,26H,(H2,23,25). The third-order valence-electron chi connectivity index (χ3n) is 4.26. The van der Waals surface area contributed by atoms with Gasteiger partial charge in [0.1, 0.15) is 23.2 Å². The number of phenolic OH excluding ortho intramolecular Hbond substituents is 1. The van der Waals surface area contributed by atoms with Gasteiger partial charge in [-0.05, 0) is 48.0 Å². The number of nitrogen functional groups attached to an aromatic ring is 1. The molecular formula is C21H14N4O. The molecular weight excluding hydrogens is 324 g/mol. The Morgan fingerprint density at radius 3 is 2.50 bits per heavy atom. The molecule has 0 aliphatic carbocycles. The first-order chi connectivity index (χ1) is 12.7. The van der Waals surface area contributed by atoms with Gasteiger partial charge in [0.25, 0.3) is 0 Å². The lowest BCUT2D eigenvalue weighted by molar-refractivity contribution is 0.475. The molecule has 0 bridgehead atoms. The van der Waals surface area contributed by atoms with Gasteiger partial charge in [0.2, 0.25) is 0 Å². The number of para-hydroxylation sites is 1. The third-order valence-corrected chi connectivity index (χ3v) is 4.26. The summed E-state index contributed by atoms with van der Waals surface area (Å²) in [5.74, 6) is 0.352. The zero-order chi connectivity index (χ0) is 18.1. The molecule has 26 heavy (non-hydrogen) atoms. The highest BCUT2D eigenvalue weighted by molar-refractivity contribution is 5.97. The molecule has 0 aliphatic heterocycles. The van der Waals surface area contributed by atoms with E-state index in [1.165, 1.54) is 0 Å². The zero-order valence-corrected chi connectivity index (χ0v) is 13.7. The number of rotatable bonds is 2. The Morgan fingerprint density at radius 1 is 0.962 bits per heavy atom. The number of phenols is 1. The number of hydrogen-bond donors (Lipinski definition) is 2. The number of nitrogens with zero attached hydrogens (tertiary/aromatic N) is 3. The van der Waals surface area contributed by atoms with Crippen molar-refractivity contribution in [1.29, 1.82) is 5.26 Å². The van der Waals surface area contributed by atoms with Crippen LogP contribution in [0.2, 0.25) is 0 Å². The van der Waals surface area contributed by atoms with Gasteiger partial charge < -0.3 is 10.8 Å². The molecule has 0 amide bonds. The Bertz CT molecular complexity index is 1160. The van der Waals surface area contributed by atoms with Crippen molar-refractivity contribution in [3.8, 4) is 34.2 Å². The molecule has 0 aliphatic rings. The van der Waals surface area contributed by atoms with E-state index < -0.39 is 0 Å². The highest BCUT2D eigenvalue weighted by Crippen LogP contribution is 2.34. The van der Waals surface area contributed by atoms with E-state index in [2.05, 4.69) is 16.0 Å². The van der Waals surface area contributed by atoms with Gasteiger partial charge >= 0.3 is 0 Å². The average molecular weight is 338 g/mol. The second-order valence-electron chi connectivity index (χ2n) is 5.85. The monoisotopic (exact) mass is 338 g/mol. The predicted molar refractivity (Wildman–Crippen MR) is 101 cm³/mol. The van der Waals surface area contributed by atoms with Gasteiger partial charge in [0, 0.05) is 22.7 Å². The zero-order valence-electron chi connectivity index (χ0n) is 13.7. The summed E-state index contributed by atoms with van der Waals surface area (Å²) in [6.07, 6.45) is 1.72. The van der Waals surface area contributed by atoms with Crippen molar-refractivity contribution in [2.24, 2.45) is 0 Å². The molecule has 0 spiro atoms. The first-order valence-corrected chi connectivity index (χ1v) is 8.01. The molecule has 0 radical (unpaired) electrons. The fourth-order valence-corrected chi connectivity index (χ4v) is 3.01. The first kappa shape index (κ1) is 15.6. The minimum atomic E-state index is 0.175. The number of hydrogen-bond acceptors (Lipinski definition) is 5. The molecule has 3 N–H and O–H groups in total. The van der Waals surface area contributed by atoms with Crippen molar-refractivity contribution in [2.45, 2.75) is 0 Å². The topological polar surface area (TPSA) is 95.8 Å². The third kappa shape index (κ3) is 2.60. The molecule has 0 fully saturated rings. The van der Waals surface area contributed by atoms with E-state index in [4.69, 9.17) is 5.73 Å². The number of benzene rings is 2. The fraction of sp³-hybridized carbons (Fsp3) is 0. The summed E-state index contributed by atoms with van der Waals surface area (Å²) in [6.45, 7) is 0. The number of pyridine rings is 2. The number of nitrogens with two attached hydrogens (primary N) is 1. The quantitative estimate of drug-likeness (QED) is 0.573. The van der Waals surface area contributed by atoms with Crippen LogP contribution in [-0.4, -0.2) is 15.1 Å². The lowest BCUT2D eigenvalue weighted by Gasteiger charge is -2.12. The highest BCUT2D eigenvalue weighted by Gasteiger charge is 2.15. The number of nitriles is 1. The summed E-state index contributed by atoms with van der Waals surface area (Å²) in [6, 6.07) is 20.3. The second-order valence-corrected chi connectivity index (χ2v) is 5.85. The Hall–Kier alpha value is -3.91. The number of fused-ring (bicyclic) bond motifs is 1. The maximum Gasteiger partial charge on any atom is 0.142 e. The minimum absolute atomic E-state index is 0.175. The summed E-state index contributed by atoms with van der Waals surface area (Å²) in [7, 11) is 0. The maximum atomic E-state index is 9.61. The van der Waals surface area contributed by atoms with Gasteiger partial charge in [-0.2, -0.15) is 5.26 Å². The van der Waals surface area contributed by atoms with Crippen LogP contribution in [-0.2, 0) is 0 Å². The van der Waals surface area contributed by atoms with Gasteiger partial charge in [-0.25, -0.2) is 4.98 Å². The van der Waals surface area contributed by atoms with Crippen molar-refractivity contribution >= 4 is 16.7 Å². The van der Waals surface area contributed by atoms with Crippen LogP contribution in [0.1, 0.15) is 5.56 Å². The molecule has 2 aromatic carbocycles. The highest BCUT2D eigenvalue weighted by atomic mass is 16.3. The molecule has 0 unspecified atom stereocenters. The largest absolute Gasteiger partial charge is 0.508 e. The molecule has 0 saturated heterocycles. The first-order valence-electron chi connectivity index (χ1n) is 8.01. The summed E-state index contributed by atoms with van der Waals surface area (Å²) < 4.78 is 0. The number of anilines is 1. The molecule has 2 heterocycles. The SMILES string of the molecule is N#Cc1c(-c2ccnc3ccccc23)cc(-c2ccc(O)cc2)nc1N. The normalized spacial score (nSPS) is 10.6. The summed E-state index contributed by atoms with van der Waals surface area (Å²) in [4.78, 5) is 8.75. The van der Waals surface area contributed by atoms with E-state index in [0.29, 0.717) is 16.8 Å². The van der Waals surface area contributed by atoms with Crippen LogP contribution in [0.3, 0.4) is 0 Å². The van der Waals surface area contributed by atoms with Crippen LogP contribution in [0.15, 0.2) is 66.9 Å². The van der Waals surface area contributed by atoms with E-state index in [1.807, 2.05) is 36.4 Å². The molecule has 5 heteroatoms. The van der Waals surface area contributed by atoms with Crippen molar-refractivity contribution in [3.05, 3.63) is 72.4 Å². The Kier molecular flexibility index (Phi) is 3.71. The predicted octanol–water partition coefficient (Wildman–Crippen LogP) is 4.12. The van der Waals surface area contributed by atoms with Crippen LogP contribution in [0, 0.1) is 11.3 Å². The smallest absolute Gasteiger partial charge is 0.142 e. The molecule has 0 saturated carbocycles. The molecule has 5 nitrogen and oxygen atoms in total. The van der Waals surface area contributed by atoms with E-state index in [0.717, 1.165) is 22.0 Å². The van der Waals surface area contributed by atoms with Gasteiger partial charge in [-0.3, -0.25) is 4.98 Å². The van der Waals surface area contributed by atoms with Crippen LogP contribution in [0.25, 0.3) is 33.3 Å². The molecule has 2 aromatic heterocycles. The summed E-state index contributed by atoms with van der Waals surface area (Å²) in [5.41, 5.74) is 10.3. The number of aromatic nitrogens is 2. The summed E-state index contributed by atoms with van der Waals surface area (Å²) >= 11 is 0. The molecule has 4 aromatic rings. The Labute approximate surface area is 150 Å². The van der Waals surface area contributed by atoms with E-state index in [9.17, 15) is 10.4 Å². The average Bonchev–Trinajstić information content (AvgIpc) is 2.67.